The van der Waals surface area contributed by atoms with Gasteiger partial charge in [-0.1, -0.05) is 27.2 Å². The average molecular weight is 341 g/mol. The Hall–Kier alpha value is -2.69. The lowest BCUT2D eigenvalue weighted by Gasteiger charge is -2.12. The van der Waals surface area contributed by atoms with Crippen LogP contribution in [0.5, 0.6) is 0 Å². The third-order valence-corrected chi connectivity index (χ3v) is 3.65. The predicted octanol–water partition coefficient (Wildman–Crippen LogP) is 3.99. The molecule has 5 heteroatoms. The Bertz CT molecular complexity index is 792. The van der Waals surface area contributed by atoms with Crippen LogP contribution in [0.2, 0.25) is 0 Å². The summed E-state index contributed by atoms with van der Waals surface area (Å²) in [6, 6.07) is 5.15. The molecule has 0 bridgehead atoms. The van der Waals surface area contributed by atoms with E-state index in [1.807, 2.05) is 39.8 Å². The second kappa shape index (κ2) is 10.2. The Morgan fingerprint density at radius 3 is 2.60 bits per heavy atom. The van der Waals surface area contributed by atoms with Crippen LogP contribution in [-0.4, -0.2) is 22.9 Å². The fraction of sp³-hybridized carbons (Fsp3) is 0.350. The summed E-state index contributed by atoms with van der Waals surface area (Å²) in [5, 5.41) is 2.95. The van der Waals surface area contributed by atoms with E-state index in [0.717, 1.165) is 35.3 Å². The molecule has 134 valence electrons. The van der Waals surface area contributed by atoms with Gasteiger partial charge in [0.2, 0.25) is 0 Å². The van der Waals surface area contributed by atoms with Crippen LogP contribution in [-0.2, 0) is 4.79 Å². The van der Waals surface area contributed by atoms with Gasteiger partial charge in [0.25, 0.3) is 5.56 Å². The van der Waals surface area contributed by atoms with E-state index in [4.69, 9.17) is 0 Å². The number of aldehydes is 1. The highest BCUT2D eigenvalue weighted by Gasteiger charge is 2.09. The summed E-state index contributed by atoms with van der Waals surface area (Å²) in [7, 11) is 1.77. The maximum absolute atomic E-state index is 12.4. The smallest absolute Gasteiger partial charge is 0.257 e. The monoisotopic (exact) mass is 341 g/mol. The highest BCUT2D eigenvalue weighted by Crippen LogP contribution is 2.20. The maximum atomic E-state index is 12.4. The van der Waals surface area contributed by atoms with E-state index in [1.54, 1.807) is 30.1 Å². The first-order valence-electron chi connectivity index (χ1n) is 8.63. The van der Waals surface area contributed by atoms with Gasteiger partial charge in [0.05, 0.1) is 5.69 Å². The lowest BCUT2D eigenvalue weighted by atomic mass is 10.1. The van der Waals surface area contributed by atoms with Crippen LogP contribution in [0.3, 0.4) is 0 Å². The molecule has 0 unspecified atom stereocenters. The SMILES string of the molecule is CC.CCC/C(C=O)=C\c1c(-n2ccc(NC)cc2=O)ccnc1C. The molecule has 0 spiro atoms. The molecule has 0 radical (unpaired) electrons. The first-order chi connectivity index (χ1) is 12.1. The van der Waals surface area contributed by atoms with Crippen LogP contribution < -0.4 is 10.9 Å². The van der Waals surface area contributed by atoms with Crippen molar-refractivity contribution in [3.8, 4) is 5.69 Å². The molecule has 2 rings (SSSR count). The normalized spacial score (nSPS) is 10.7. The number of carbonyl (C=O) groups excluding carboxylic acids is 1. The number of aromatic nitrogens is 2. The molecule has 1 N–H and O–H groups in total. The van der Waals surface area contributed by atoms with Gasteiger partial charge in [-0.2, -0.15) is 0 Å². The number of nitrogens with zero attached hydrogens (tertiary/aromatic N) is 2. The summed E-state index contributed by atoms with van der Waals surface area (Å²) in [6.07, 6.45) is 7.67. The summed E-state index contributed by atoms with van der Waals surface area (Å²) < 4.78 is 1.57. The zero-order valence-electron chi connectivity index (χ0n) is 15.7. The van der Waals surface area contributed by atoms with Gasteiger partial charge in [-0.25, -0.2) is 0 Å². The van der Waals surface area contributed by atoms with Crippen molar-refractivity contribution in [2.75, 3.05) is 12.4 Å². The van der Waals surface area contributed by atoms with Crippen molar-refractivity contribution in [2.45, 2.75) is 40.5 Å². The van der Waals surface area contributed by atoms with Gasteiger partial charge in [0.15, 0.2) is 0 Å². The standard InChI is InChI=1S/C18H21N3O2.C2H6/c1-4-5-14(12-22)10-16-13(2)20-8-6-17(16)21-9-7-15(19-3)11-18(21)23;1-2/h6-12,19H,4-5H2,1-3H3;1-2H3/b14-10+;. The summed E-state index contributed by atoms with van der Waals surface area (Å²) in [5.74, 6) is 0. The fourth-order valence-electron chi connectivity index (χ4n) is 2.43. The van der Waals surface area contributed by atoms with Crippen LogP contribution in [0.25, 0.3) is 11.8 Å². The minimum Gasteiger partial charge on any atom is -0.388 e. The molecule has 5 nitrogen and oxygen atoms in total. The maximum Gasteiger partial charge on any atom is 0.257 e. The molecule has 0 amide bonds. The van der Waals surface area contributed by atoms with Crippen molar-refractivity contribution in [1.82, 2.24) is 9.55 Å². The molecule has 2 aromatic heterocycles. The third kappa shape index (κ3) is 5.14. The van der Waals surface area contributed by atoms with Gasteiger partial charge in [0.1, 0.15) is 6.29 Å². The highest BCUT2D eigenvalue weighted by atomic mass is 16.1. The summed E-state index contributed by atoms with van der Waals surface area (Å²) in [4.78, 5) is 27.9. The van der Waals surface area contributed by atoms with E-state index in [0.29, 0.717) is 12.0 Å². The topological polar surface area (TPSA) is 64.0 Å². The molecule has 0 atom stereocenters. The summed E-state index contributed by atoms with van der Waals surface area (Å²) >= 11 is 0. The van der Waals surface area contributed by atoms with Gasteiger partial charge in [-0.05, 0) is 37.1 Å². The van der Waals surface area contributed by atoms with Crippen molar-refractivity contribution >= 4 is 18.0 Å². The fourth-order valence-corrected chi connectivity index (χ4v) is 2.43. The summed E-state index contributed by atoms with van der Waals surface area (Å²) in [5.41, 5.74) is 3.61. The van der Waals surface area contributed by atoms with Crippen LogP contribution in [0.15, 0.2) is 41.0 Å². The van der Waals surface area contributed by atoms with E-state index in [2.05, 4.69) is 10.3 Å². The van der Waals surface area contributed by atoms with E-state index < -0.39 is 0 Å². The Morgan fingerprint density at radius 2 is 2.04 bits per heavy atom. The van der Waals surface area contributed by atoms with E-state index in [9.17, 15) is 9.59 Å². The lowest BCUT2D eigenvalue weighted by molar-refractivity contribution is -0.105. The Kier molecular flexibility index (Phi) is 8.33. The number of allylic oxidation sites excluding steroid dienone is 1. The quantitative estimate of drug-likeness (QED) is 0.637. The molecule has 0 aromatic carbocycles. The van der Waals surface area contributed by atoms with Crippen molar-refractivity contribution in [3.63, 3.8) is 0 Å². The van der Waals surface area contributed by atoms with Gasteiger partial charge in [-0.15, -0.1) is 0 Å². The van der Waals surface area contributed by atoms with Gasteiger partial charge in [0, 0.05) is 42.5 Å². The number of hydrogen-bond acceptors (Lipinski definition) is 4. The zero-order chi connectivity index (χ0) is 18.8. The molecule has 25 heavy (non-hydrogen) atoms. The van der Waals surface area contributed by atoms with Crippen LogP contribution in [0.4, 0.5) is 5.69 Å². The minimum atomic E-state index is -0.139. The Morgan fingerprint density at radius 1 is 1.32 bits per heavy atom. The van der Waals surface area contributed by atoms with Crippen molar-refractivity contribution in [2.24, 2.45) is 0 Å². The number of anilines is 1. The van der Waals surface area contributed by atoms with Gasteiger partial charge < -0.3 is 5.32 Å². The molecule has 0 aliphatic heterocycles. The number of rotatable bonds is 6. The largest absolute Gasteiger partial charge is 0.388 e. The molecular formula is C20H27N3O2. The molecule has 2 aromatic rings. The van der Waals surface area contributed by atoms with Gasteiger partial charge in [-0.3, -0.25) is 19.1 Å². The zero-order valence-corrected chi connectivity index (χ0v) is 15.7. The van der Waals surface area contributed by atoms with E-state index in [-0.39, 0.29) is 5.56 Å². The second-order valence-electron chi connectivity index (χ2n) is 5.29. The molecule has 0 aliphatic rings. The minimum absolute atomic E-state index is 0.139. The van der Waals surface area contributed by atoms with Crippen molar-refractivity contribution < 1.29 is 4.79 Å². The first kappa shape index (κ1) is 20.4. The molecule has 2 heterocycles. The Balaban J connectivity index is 0.00000151. The van der Waals surface area contributed by atoms with Crippen molar-refractivity contribution in [3.05, 3.63) is 57.8 Å². The summed E-state index contributed by atoms with van der Waals surface area (Å²) in [6.45, 7) is 7.89. The lowest BCUT2D eigenvalue weighted by Crippen LogP contribution is -2.18. The van der Waals surface area contributed by atoms with E-state index >= 15 is 0 Å². The van der Waals surface area contributed by atoms with Crippen LogP contribution in [0, 0.1) is 6.92 Å². The van der Waals surface area contributed by atoms with Crippen molar-refractivity contribution in [1.29, 1.82) is 0 Å². The number of carbonyl (C=O) groups is 1. The highest BCUT2D eigenvalue weighted by molar-refractivity contribution is 5.83. The Labute approximate surface area is 149 Å². The average Bonchev–Trinajstić information content (AvgIpc) is 2.64. The van der Waals surface area contributed by atoms with Crippen LogP contribution in [0.1, 0.15) is 44.9 Å². The van der Waals surface area contributed by atoms with Crippen LogP contribution >= 0.6 is 0 Å². The molecule has 0 fully saturated rings. The third-order valence-electron chi connectivity index (χ3n) is 3.65. The number of hydrogen-bond donors (Lipinski definition) is 1. The number of aryl methyl sites for hydroxylation is 1. The predicted molar refractivity (Wildman–Crippen MR) is 104 cm³/mol. The molecule has 0 saturated heterocycles. The molecule has 0 aliphatic carbocycles. The van der Waals surface area contributed by atoms with E-state index in [1.165, 1.54) is 6.07 Å². The first-order valence-corrected chi connectivity index (χ1v) is 8.63. The molecular weight excluding hydrogens is 314 g/mol. The number of nitrogens with one attached hydrogen (secondary N) is 1. The molecule has 0 saturated carbocycles. The number of pyridine rings is 2. The van der Waals surface area contributed by atoms with Gasteiger partial charge >= 0.3 is 0 Å². The second-order valence-corrected chi connectivity index (χ2v) is 5.29.